The molecule has 1 aliphatic rings. The molecule has 5 nitrogen and oxygen atoms in total. The van der Waals surface area contributed by atoms with Gasteiger partial charge >= 0.3 is 5.97 Å². The van der Waals surface area contributed by atoms with Gasteiger partial charge in [-0.3, -0.25) is 14.5 Å². The maximum Gasteiger partial charge on any atom is 0.329 e. The lowest BCUT2D eigenvalue weighted by molar-refractivity contribution is -0.158. The van der Waals surface area contributed by atoms with Crippen LogP contribution in [0.1, 0.15) is 24.0 Å². The minimum atomic E-state index is -0.826. The number of amides is 2. The Kier molecular flexibility index (Phi) is 5.23. The minimum Gasteiger partial charge on any atom is -0.459 e. The van der Waals surface area contributed by atoms with E-state index in [2.05, 4.69) is 0 Å². The number of benzene rings is 2. The van der Waals surface area contributed by atoms with E-state index >= 15 is 0 Å². The van der Waals surface area contributed by atoms with Gasteiger partial charge in [0.1, 0.15) is 12.6 Å². The molecule has 0 aromatic heterocycles. The topological polar surface area (TPSA) is 63.7 Å². The largest absolute Gasteiger partial charge is 0.459 e. The van der Waals surface area contributed by atoms with Crippen LogP contribution in [0.2, 0.25) is 0 Å². The van der Waals surface area contributed by atoms with Gasteiger partial charge in [-0.2, -0.15) is 0 Å². The SMILES string of the molecule is O=C(OCc1ccccc1)[C@H]1CCC(=O)N1C(=O)Cc1ccccc1. The first-order valence-electron chi connectivity index (χ1n) is 8.24. The molecule has 0 radical (unpaired) electrons. The zero-order valence-corrected chi connectivity index (χ0v) is 13.8. The van der Waals surface area contributed by atoms with Crippen LogP contribution in [0.15, 0.2) is 60.7 Å². The van der Waals surface area contributed by atoms with E-state index in [0.717, 1.165) is 16.0 Å². The number of imide groups is 1. The molecular weight excluding hydrogens is 318 g/mol. The van der Waals surface area contributed by atoms with Crippen LogP contribution in [0, 0.1) is 0 Å². The highest BCUT2D eigenvalue weighted by atomic mass is 16.5. The van der Waals surface area contributed by atoms with Gasteiger partial charge in [0.05, 0.1) is 6.42 Å². The van der Waals surface area contributed by atoms with Gasteiger partial charge in [0.15, 0.2) is 0 Å². The number of hydrogen-bond acceptors (Lipinski definition) is 4. The van der Waals surface area contributed by atoms with Gasteiger partial charge in [-0.1, -0.05) is 60.7 Å². The van der Waals surface area contributed by atoms with Gasteiger partial charge in [0.25, 0.3) is 0 Å². The van der Waals surface area contributed by atoms with Crippen molar-refractivity contribution in [3.63, 3.8) is 0 Å². The standard InChI is InChI=1S/C20H19NO4/c22-18-12-11-17(20(24)25-14-16-9-5-2-6-10-16)21(18)19(23)13-15-7-3-1-4-8-15/h1-10,17H,11-14H2/t17-/m1/s1. The fourth-order valence-electron chi connectivity index (χ4n) is 2.90. The molecule has 5 heteroatoms. The van der Waals surface area contributed by atoms with Crippen LogP contribution in [-0.2, 0) is 32.1 Å². The molecular formula is C20H19NO4. The first-order chi connectivity index (χ1) is 12.1. The van der Waals surface area contributed by atoms with Crippen LogP contribution in [0.25, 0.3) is 0 Å². The van der Waals surface area contributed by atoms with Crippen molar-refractivity contribution in [2.24, 2.45) is 0 Å². The Morgan fingerprint density at radius 3 is 2.20 bits per heavy atom. The van der Waals surface area contributed by atoms with Crippen molar-refractivity contribution in [2.75, 3.05) is 0 Å². The molecule has 25 heavy (non-hydrogen) atoms. The van der Waals surface area contributed by atoms with Gasteiger partial charge in [-0.05, 0) is 17.5 Å². The fraction of sp³-hybridized carbons (Fsp3) is 0.250. The Morgan fingerprint density at radius 2 is 1.56 bits per heavy atom. The van der Waals surface area contributed by atoms with E-state index in [1.54, 1.807) is 0 Å². The van der Waals surface area contributed by atoms with E-state index in [9.17, 15) is 14.4 Å². The number of hydrogen-bond donors (Lipinski definition) is 0. The fourth-order valence-corrected chi connectivity index (χ4v) is 2.90. The number of carbonyl (C=O) groups excluding carboxylic acids is 3. The third-order valence-corrected chi connectivity index (χ3v) is 4.17. The highest BCUT2D eigenvalue weighted by Crippen LogP contribution is 2.22. The lowest BCUT2D eigenvalue weighted by Crippen LogP contribution is -2.44. The number of likely N-dealkylation sites (tertiary alicyclic amines) is 1. The van der Waals surface area contributed by atoms with E-state index in [-0.39, 0.29) is 31.3 Å². The van der Waals surface area contributed by atoms with Gasteiger partial charge < -0.3 is 4.74 Å². The van der Waals surface area contributed by atoms with E-state index < -0.39 is 12.0 Å². The first kappa shape index (κ1) is 16.9. The number of nitrogens with zero attached hydrogens (tertiary/aromatic N) is 1. The molecule has 0 saturated carbocycles. The summed E-state index contributed by atoms with van der Waals surface area (Å²) in [4.78, 5) is 38.0. The molecule has 1 heterocycles. The Labute approximate surface area is 146 Å². The molecule has 1 saturated heterocycles. The summed E-state index contributed by atoms with van der Waals surface area (Å²) in [7, 11) is 0. The zero-order chi connectivity index (χ0) is 17.6. The molecule has 2 amide bonds. The van der Waals surface area contributed by atoms with Gasteiger partial charge in [0, 0.05) is 6.42 Å². The summed E-state index contributed by atoms with van der Waals surface area (Å²) in [5, 5.41) is 0. The van der Waals surface area contributed by atoms with Gasteiger partial charge in [0.2, 0.25) is 11.8 Å². The Hall–Kier alpha value is -2.95. The average Bonchev–Trinajstić information content (AvgIpc) is 3.03. The lowest BCUT2D eigenvalue weighted by Gasteiger charge is -2.21. The molecule has 3 rings (SSSR count). The Bertz CT molecular complexity index is 758. The van der Waals surface area contributed by atoms with E-state index in [0.29, 0.717) is 6.42 Å². The predicted molar refractivity (Wildman–Crippen MR) is 91.3 cm³/mol. The second kappa shape index (κ2) is 7.75. The van der Waals surface area contributed by atoms with Crippen molar-refractivity contribution < 1.29 is 19.1 Å². The van der Waals surface area contributed by atoms with Crippen molar-refractivity contribution in [3.05, 3.63) is 71.8 Å². The zero-order valence-electron chi connectivity index (χ0n) is 13.8. The maximum atomic E-state index is 12.5. The van der Waals surface area contributed by atoms with Crippen LogP contribution in [-0.4, -0.2) is 28.7 Å². The first-order valence-corrected chi connectivity index (χ1v) is 8.24. The molecule has 2 aromatic rings. The quantitative estimate of drug-likeness (QED) is 0.787. The summed E-state index contributed by atoms with van der Waals surface area (Å²) in [6.07, 6.45) is 0.591. The molecule has 0 unspecified atom stereocenters. The second-order valence-corrected chi connectivity index (χ2v) is 5.97. The second-order valence-electron chi connectivity index (χ2n) is 5.97. The normalized spacial score (nSPS) is 16.7. The van der Waals surface area contributed by atoms with Gasteiger partial charge in [-0.25, -0.2) is 4.79 Å². The van der Waals surface area contributed by atoms with Crippen molar-refractivity contribution in [1.29, 1.82) is 0 Å². The van der Waals surface area contributed by atoms with Crippen LogP contribution in [0.3, 0.4) is 0 Å². The summed E-state index contributed by atoms with van der Waals surface area (Å²) in [6.45, 7) is 0.130. The van der Waals surface area contributed by atoms with Crippen molar-refractivity contribution in [2.45, 2.75) is 31.9 Å². The molecule has 1 fully saturated rings. The molecule has 0 spiro atoms. The van der Waals surface area contributed by atoms with Crippen LogP contribution >= 0.6 is 0 Å². The molecule has 0 N–H and O–H groups in total. The van der Waals surface area contributed by atoms with Crippen LogP contribution < -0.4 is 0 Å². The minimum absolute atomic E-state index is 0.0923. The van der Waals surface area contributed by atoms with E-state index in [1.807, 2.05) is 60.7 Å². The summed E-state index contributed by atoms with van der Waals surface area (Å²) in [6, 6.07) is 17.6. The van der Waals surface area contributed by atoms with Crippen LogP contribution in [0.4, 0.5) is 0 Å². The third kappa shape index (κ3) is 4.12. The van der Waals surface area contributed by atoms with Crippen LogP contribution in [0.5, 0.6) is 0 Å². The average molecular weight is 337 g/mol. The number of esters is 1. The molecule has 1 aliphatic heterocycles. The summed E-state index contributed by atoms with van der Waals surface area (Å²) in [5.41, 5.74) is 1.67. The molecule has 1 atom stereocenters. The lowest BCUT2D eigenvalue weighted by atomic mass is 10.1. The van der Waals surface area contributed by atoms with E-state index in [1.165, 1.54) is 0 Å². The molecule has 2 aromatic carbocycles. The monoisotopic (exact) mass is 337 g/mol. The highest BCUT2D eigenvalue weighted by molar-refractivity contribution is 6.02. The number of carbonyl (C=O) groups is 3. The Balaban J connectivity index is 1.64. The predicted octanol–water partition coefficient (Wildman–Crippen LogP) is 2.49. The van der Waals surface area contributed by atoms with E-state index in [4.69, 9.17) is 4.74 Å². The summed E-state index contributed by atoms with van der Waals surface area (Å²) >= 11 is 0. The third-order valence-electron chi connectivity index (χ3n) is 4.17. The molecule has 128 valence electrons. The highest BCUT2D eigenvalue weighted by Gasteiger charge is 2.40. The molecule has 0 aliphatic carbocycles. The van der Waals surface area contributed by atoms with Crippen molar-refractivity contribution in [1.82, 2.24) is 4.90 Å². The summed E-state index contributed by atoms with van der Waals surface area (Å²) in [5.74, 6) is -1.21. The number of ether oxygens (including phenoxy) is 1. The maximum absolute atomic E-state index is 12.5. The van der Waals surface area contributed by atoms with Crippen molar-refractivity contribution in [3.8, 4) is 0 Å². The summed E-state index contributed by atoms with van der Waals surface area (Å²) < 4.78 is 5.31. The number of rotatable bonds is 5. The van der Waals surface area contributed by atoms with Crippen molar-refractivity contribution >= 4 is 17.8 Å². The van der Waals surface area contributed by atoms with Gasteiger partial charge in [-0.15, -0.1) is 0 Å². The Morgan fingerprint density at radius 1 is 0.960 bits per heavy atom. The smallest absolute Gasteiger partial charge is 0.329 e. The molecule has 0 bridgehead atoms.